The maximum Gasteiger partial charge on any atom is 0.234 e. The summed E-state index contributed by atoms with van der Waals surface area (Å²) in [6.45, 7) is 6.63. The number of amides is 1. The Hall–Kier alpha value is -0.650. The van der Waals surface area contributed by atoms with Gasteiger partial charge in [0.1, 0.15) is 0 Å². The lowest BCUT2D eigenvalue weighted by Crippen LogP contribution is -2.56. The van der Waals surface area contributed by atoms with E-state index in [0.29, 0.717) is 19.1 Å². The molecule has 15 heavy (non-hydrogen) atoms. The van der Waals surface area contributed by atoms with E-state index in [9.17, 15) is 4.79 Å². The molecule has 1 rings (SSSR count). The molecule has 1 aliphatic rings. The zero-order valence-corrected chi connectivity index (χ0v) is 9.46. The number of carbonyl (C=O) groups excluding carboxylic acids is 1. The third-order valence-corrected chi connectivity index (χ3v) is 2.66. The molecule has 0 bridgehead atoms. The van der Waals surface area contributed by atoms with Gasteiger partial charge in [0.05, 0.1) is 6.54 Å². The largest absolute Gasteiger partial charge is 0.355 e. The molecule has 0 aromatic heterocycles. The van der Waals surface area contributed by atoms with Crippen LogP contribution < -0.4 is 16.4 Å². The van der Waals surface area contributed by atoms with E-state index in [1.807, 2.05) is 6.92 Å². The number of hydrogen-bond donors (Lipinski definition) is 3. The summed E-state index contributed by atoms with van der Waals surface area (Å²) in [5.74, 6) is 0.109. The molecule has 0 saturated carbocycles. The van der Waals surface area contributed by atoms with Crippen molar-refractivity contribution in [2.75, 3.05) is 39.3 Å². The van der Waals surface area contributed by atoms with Crippen LogP contribution in [0.2, 0.25) is 0 Å². The Balaban J connectivity index is 2.30. The van der Waals surface area contributed by atoms with Gasteiger partial charge in [-0.25, -0.2) is 0 Å². The predicted octanol–water partition coefficient (Wildman–Crippen LogP) is -1.25. The molecule has 5 heteroatoms. The highest BCUT2D eigenvalue weighted by Crippen LogP contribution is 2.00. The van der Waals surface area contributed by atoms with Crippen molar-refractivity contribution in [1.29, 1.82) is 0 Å². The summed E-state index contributed by atoms with van der Waals surface area (Å²) in [5, 5.41) is 6.16. The van der Waals surface area contributed by atoms with Crippen LogP contribution in [0.5, 0.6) is 0 Å². The summed E-state index contributed by atoms with van der Waals surface area (Å²) in [5.41, 5.74) is 5.66. The van der Waals surface area contributed by atoms with Crippen molar-refractivity contribution in [2.24, 2.45) is 5.73 Å². The van der Waals surface area contributed by atoms with Crippen LogP contribution in [0, 0.1) is 0 Å². The lowest BCUT2D eigenvalue weighted by atomic mass is 10.2. The number of rotatable bonds is 5. The maximum absolute atomic E-state index is 11.5. The minimum absolute atomic E-state index is 0.109. The van der Waals surface area contributed by atoms with Crippen LogP contribution in [0.15, 0.2) is 0 Å². The van der Waals surface area contributed by atoms with Gasteiger partial charge < -0.3 is 16.4 Å². The predicted molar refractivity (Wildman–Crippen MR) is 60.6 cm³/mol. The molecular formula is C10H22N4O. The second-order valence-electron chi connectivity index (χ2n) is 3.91. The molecule has 0 aliphatic carbocycles. The van der Waals surface area contributed by atoms with Crippen molar-refractivity contribution >= 4 is 5.91 Å². The molecule has 0 radical (unpaired) electrons. The molecule has 0 aromatic carbocycles. The van der Waals surface area contributed by atoms with Gasteiger partial charge in [0.25, 0.3) is 0 Å². The van der Waals surface area contributed by atoms with Crippen LogP contribution in [0.3, 0.4) is 0 Å². The van der Waals surface area contributed by atoms with Gasteiger partial charge in [0, 0.05) is 38.8 Å². The lowest BCUT2D eigenvalue weighted by Gasteiger charge is -2.34. The second kappa shape index (κ2) is 6.76. The topological polar surface area (TPSA) is 70.4 Å². The SMILES string of the molecule is CCCNC(=O)CN1CCNCC1CN. The Morgan fingerprint density at radius 3 is 3.13 bits per heavy atom. The summed E-state index contributed by atoms with van der Waals surface area (Å²) in [6, 6.07) is 0.297. The molecule has 5 nitrogen and oxygen atoms in total. The van der Waals surface area contributed by atoms with Crippen LogP contribution in [-0.4, -0.2) is 56.1 Å². The number of carbonyl (C=O) groups is 1. The fourth-order valence-corrected chi connectivity index (χ4v) is 1.75. The van der Waals surface area contributed by atoms with Crippen LogP contribution >= 0.6 is 0 Å². The van der Waals surface area contributed by atoms with Gasteiger partial charge in [0.2, 0.25) is 5.91 Å². The quantitative estimate of drug-likeness (QED) is 0.534. The first-order valence-electron chi connectivity index (χ1n) is 5.69. The summed E-state index contributed by atoms with van der Waals surface area (Å²) >= 11 is 0. The number of piperazine rings is 1. The van der Waals surface area contributed by atoms with E-state index in [1.165, 1.54) is 0 Å². The summed E-state index contributed by atoms with van der Waals surface area (Å²) < 4.78 is 0. The van der Waals surface area contributed by atoms with E-state index in [1.54, 1.807) is 0 Å². The first-order valence-corrected chi connectivity index (χ1v) is 5.69. The highest BCUT2D eigenvalue weighted by molar-refractivity contribution is 5.78. The summed E-state index contributed by atoms with van der Waals surface area (Å²) in [4.78, 5) is 13.7. The molecule has 1 saturated heterocycles. The van der Waals surface area contributed by atoms with E-state index in [-0.39, 0.29) is 5.91 Å². The van der Waals surface area contributed by atoms with Crippen molar-refractivity contribution in [2.45, 2.75) is 19.4 Å². The van der Waals surface area contributed by atoms with Crippen LogP contribution in [0.4, 0.5) is 0 Å². The van der Waals surface area contributed by atoms with Crippen LogP contribution in [0.25, 0.3) is 0 Å². The van der Waals surface area contributed by atoms with Crippen LogP contribution in [-0.2, 0) is 4.79 Å². The summed E-state index contributed by atoms with van der Waals surface area (Å²) in [7, 11) is 0. The van der Waals surface area contributed by atoms with E-state index in [4.69, 9.17) is 5.73 Å². The molecule has 4 N–H and O–H groups in total. The van der Waals surface area contributed by atoms with Gasteiger partial charge in [0.15, 0.2) is 0 Å². The van der Waals surface area contributed by atoms with Gasteiger partial charge in [-0.05, 0) is 6.42 Å². The van der Waals surface area contributed by atoms with Crippen molar-refractivity contribution in [1.82, 2.24) is 15.5 Å². The van der Waals surface area contributed by atoms with Crippen molar-refractivity contribution < 1.29 is 4.79 Å². The Labute approximate surface area is 91.4 Å². The van der Waals surface area contributed by atoms with Gasteiger partial charge >= 0.3 is 0 Å². The van der Waals surface area contributed by atoms with Gasteiger partial charge in [-0.3, -0.25) is 9.69 Å². The molecule has 1 heterocycles. The fraction of sp³-hybridized carbons (Fsp3) is 0.900. The monoisotopic (exact) mass is 214 g/mol. The molecule has 1 amide bonds. The standard InChI is InChI=1S/C10H22N4O/c1-2-3-13-10(15)8-14-5-4-12-7-9(14)6-11/h9,12H,2-8,11H2,1H3,(H,13,15). The first-order chi connectivity index (χ1) is 7.27. The van der Waals surface area contributed by atoms with Crippen LogP contribution in [0.1, 0.15) is 13.3 Å². The van der Waals surface area contributed by atoms with E-state index >= 15 is 0 Å². The smallest absolute Gasteiger partial charge is 0.234 e. The van der Waals surface area contributed by atoms with E-state index in [2.05, 4.69) is 15.5 Å². The fourth-order valence-electron chi connectivity index (χ4n) is 1.75. The Morgan fingerprint density at radius 2 is 2.47 bits per heavy atom. The third kappa shape index (κ3) is 4.15. The maximum atomic E-state index is 11.5. The minimum Gasteiger partial charge on any atom is -0.355 e. The lowest BCUT2D eigenvalue weighted by molar-refractivity contribution is -0.122. The van der Waals surface area contributed by atoms with Crippen molar-refractivity contribution in [3.63, 3.8) is 0 Å². The Bertz CT molecular complexity index is 198. The number of nitrogens with zero attached hydrogens (tertiary/aromatic N) is 1. The van der Waals surface area contributed by atoms with Gasteiger partial charge in [-0.1, -0.05) is 6.92 Å². The summed E-state index contributed by atoms with van der Waals surface area (Å²) in [6.07, 6.45) is 0.980. The highest BCUT2D eigenvalue weighted by Gasteiger charge is 2.22. The molecule has 1 fully saturated rings. The molecular weight excluding hydrogens is 192 g/mol. The number of nitrogens with two attached hydrogens (primary N) is 1. The molecule has 1 aliphatic heterocycles. The van der Waals surface area contributed by atoms with Crippen molar-refractivity contribution in [3.8, 4) is 0 Å². The first kappa shape index (κ1) is 12.4. The molecule has 88 valence electrons. The molecule has 1 unspecified atom stereocenters. The second-order valence-corrected chi connectivity index (χ2v) is 3.91. The molecule has 1 atom stereocenters. The number of nitrogens with one attached hydrogen (secondary N) is 2. The van der Waals surface area contributed by atoms with E-state index < -0.39 is 0 Å². The Morgan fingerprint density at radius 1 is 1.67 bits per heavy atom. The molecule has 0 spiro atoms. The van der Waals surface area contributed by atoms with Gasteiger partial charge in [-0.15, -0.1) is 0 Å². The zero-order valence-electron chi connectivity index (χ0n) is 9.46. The minimum atomic E-state index is 0.109. The van der Waals surface area contributed by atoms with Gasteiger partial charge in [-0.2, -0.15) is 0 Å². The van der Waals surface area contributed by atoms with Crippen molar-refractivity contribution in [3.05, 3.63) is 0 Å². The van der Waals surface area contributed by atoms with E-state index in [0.717, 1.165) is 32.6 Å². The zero-order chi connectivity index (χ0) is 11.1. The third-order valence-electron chi connectivity index (χ3n) is 2.66. The normalized spacial score (nSPS) is 22.7. The average molecular weight is 214 g/mol. The highest BCUT2D eigenvalue weighted by atomic mass is 16.2. The molecule has 0 aromatic rings. The average Bonchev–Trinajstić information content (AvgIpc) is 2.27. The Kier molecular flexibility index (Phi) is 5.60. The number of hydrogen-bond acceptors (Lipinski definition) is 4.